The second kappa shape index (κ2) is 11.4. The third-order valence-corrected chi connectivity index (χ3v) is 4.01. The van der Waals surface area contributed by atoms with Crippen molar-refractivity contribution >= 4 is 29.7 Å². The van der Waals surface area contributed by atoms with Crippen molar-refractivity contribution in [2.75, 3.05) is 26.4 Å². The Bertz CT molecular complexity index is 622. The molecule has 0 saturated carbocycles. The number of hydrogen-bond donors (Lipinski definition) is 1. The molecule has 0 aliphatic carbocycles. The average molecular weight is 416 g/mol. The highest BCUT2D eigenvalue weighted by Gasteiger charge is 2.33. The number of carbonyl (C=O) groups is 5. The monoisotopic (exact) mass is 416 g/mol. The van der Waals surface area contributed by atoms with Gasteiger partial charge in [-0.2, -0.15) is 0 Å². The minimum Gasteiger partial charge on any atom is -0.381 e. The maximum atomic E-state index is 11.6. The molecule has 2 rings (SSSR count). The normalized spacial score (nSPS) is 19.2. The summed E-state index contributed by atoms with van der Waals surface area (Å²) < 4.78 is 10.5. The molecule has 3 amide bonds. The molecule has 0 bridgehead atoms. The van der Waals surface area contributed by atoms with Gasteiger partial charge >= 0.3 is 11.9 Å². The fourth-order valence-corrected chi connectivity index (χ4v) is 2.50. The van der Waals surface area contributed by atoms with Gasteiger partial charge in [-0.25, -0.2) is 9.59 Å². The van der Waals surface area contributed by atoms with Gasteiger partial charge < -0.3 is 24.3 Å². The van der Waals surface area contributed by atoms with E-state index in [2.05, 4.69) is 4.84 Å². The summed E-state index contributed by atoms with van der Waals surface area (Å²) in [5.41, 5.74) is 0. The molecule has 0 radical (unpaired) electrons. The number of hydrogen-bond acceptors (Lipinski definition) is 10. The lowest BCUT2D eigenvalue weighted by Crippen LogP contribution is -2.35. The summed E-state index contributed by atoms with van der Waals surface area (Å²) in [5.74, 6) is -2.91. The minimum atomic E-state index is -1.10. The summed E-state index contributed by atoms with van der Waals surface area (Å²) in [6.07, 6.45) is -0.319. The second-order valence-electron chi connectivity index (χ2n) is 6.33. The predicted molar refractivity (Wildman–Crippen MR) is 90.8 cm³/mol. The molecule has 2 saturated heterocycles. The highest BCUT2D eigenvalue weighted by atomic mass is 16.7. The van der Waals surface area contributed by atoms with Crippen molar-refractivity contribution in [3.05, 3.63) is 0 Å². The molecule has 2 fully saturated rings. The molecule has 162 valence electrons. The van der Waals surface area contributed by atoms with Crippen molar-refractivity contribution in [1.29, 1.82) is 0 Å². The Hall–Kier alpha value is -2.57. The van der Waals surface area contributed by atoms with E-state index in [9.17, 15) is 29.1 Å². The van der Waals surface area contributed by atoms with E-state index in [0.717, 1.165) is 0 Å². The van der Waals surface area contributed by atoms with Gasteiger partial charge in [-0.1, -0.05) is 0 Å². The Labute approximate surface area is 166 Å². The number of aliphatic hydroxyl groups is 1. The molecule has 0 spiro atoms. The molecular weight excluding hydrogens is 392 g/mol. The lowest BCUT2D eigenvalue weighted by Gasteiger charge is -2.18. The largest absolute Gasteiger partial charge is 0.381 e. The molecule has 12 heteroatoms. The van der Waals surface area contributed by atoms with Crippen LogP contribution in [-0.2, 0) is 43.1 Å². The summed E-state index contributed by atoms with van der Waals surface area (Å²) in [4.78, 5) is 66.5. The van der Waals surface area contributed by atoms with E-state index >= 15 is 0 Å². The van der Waals surface area contributed by atoms with Gasteiger partial charge in [0.25, 0.3) is 17.7 Å². The SMILES string of the molecule is O=C(CCOCCCOCCC(=O)ON1C(=O)CCC1O)ON1C(=O)CCC1=O. The first-order valence-corrected chi connectivity index (χ1v) is 9.31. The molecule has 12 nitrogen and oxygen atoms in total. The summed E-state index contributed by atoms with van der Waals surface area (Å²) >= 11 is 0. The van der Waals surface area contributed by atoms with Crippen LogP contribution in [0.2, 0.25) is 0 Å². The molecule has 2 heterocycles. The molecule has 2 aliphatic rings. The number of nitrogens with zero attached hydrogens (tertiary/aromatic N) is 2. The van der Waals surface area contributed by atoms with Crippen LogP contribution in [0.15, 0.2) is 0 Å². The van der Waals surface area contributed by atoms with E-state index in [1.54, 1.807) is 0 Å². The van der Waals surface area contributed by atoms with Crippen molar-refractivity contribution in [2.45, 2.75) is 51.2 Å². The highest BCUT2D eigenvalue weighted by Crippen LogP contribution is 2.17. The van der Waals surface area contributed by atoms with Crippen LogP contribution in [0.25, 0.3) is 0 Å². The average Bonchev–Trinajstić information content (AvgIpc) is 3.16. The van der Waals surface area contributed by atoms with Crippen LogP contribution in [0.3, 0.4) is 0 Å². The zero-order valence-corrected chi connectivity index (χ0v) is 15.9. The van der Waals surface area contributed by atoms with Gasteiger partial charge in [0.15, 0.2) is 6.23 Å². The Morgan fingerprint density at radius 1 is 0.828 bits per heavy atom. The summed E-state index contributed by atoms with van der Waals surface area (Å²) in [6.45, 7) is 0.752. The molecule has 1 atom stereocenters. The second-order valence-corrected chi connectivity index (χ2v) is 6.33. The first-order valence-electron chi connectivity index (χ1n) is 9.31. The fourth-order valence-electron chi connectivity index (χ4n) is 2.50. The first kappa shape index (κ1) is 22.7. The zero-order chi connectivity index (χ0) is 21.2. The van der Waals surface area contributed by atoms with Crippen LogP contribution in [-0.4, -0.2) is 77.5 Å². The van der Waals surface area contributed by atoms with Gasteiger partial charge in [0.1, 0.15) is 0 Å². The van der Waals surface area contributed by atoms with Gasteiger partial charge in [-0.15, -0.1) is 10.1 Å². The summed E-state index contributed by atoms with van der Waals surface area (Å²) in [6, 6.07) is 0. The van der Waals surface area contributed by atoms with Gasteiger partial charge in [0.2, 0.25) is 0 Å². The number of rotatable bonds is 12. The van der Waals surface area contributed by atoms with Crippen molar-refractivity contribution < 1.29 is 48.2 Å². The fraction of sp³-hybridized carbons (Fsp3) is 0.706. The van der Waals surface area contributed by atoms with Gasteiger partial charge in [0.05, 0.1) is 26.1 Å². The molecular formula is C17H24N2O10. The van der Waals surface area contributed by atoms with E-state index in [-0.39, 0.29) is 51.7 Å². The van der Waals surface area contributed by atoms with E-state index < -0.39 is 35.9 Å². The van der Waals surface area contributed by atoms with Crippen LogP contribution < -0.4 is 0 Å². The van der Waals surface area contributed by atoms with Crippen LogP contribution in [0, 0.1) is 0 Å². The number of hydroxylamine groups is 4. The highest BCUT2D eigenvalue weighted by molar-refractivity contribution is 6.01. The molecule has 29 heavy (non-hydrogen) atoms. The summed E-state index contributed by atoms with van der Waals surface area (Å²) in [7, 11) is 0. The van der Waals surface area contributed by atoms with Crippen LogP contribution in [0.4, 0.5) is 0 Å². The number of amides is 3. The number of carbonyl (C=O) groups excluding carboxylic acids is 5. The topological polar surface area (TPSA) is 149 Å². The quantitative estimate of drug-likeness (QED) is 0.316. The lowest BCUT2D eigenvalue weighted by atomic mass is 10.4. The predicted octanol–water partition coefficient (Wildman–Crippen LogP) is -0.804. The Morgan fingerprint density at radius 2 is 1.38 bits per heavy atom. The molecule has 0 aromatic rings. The Kier molecular flexibility index (Phi) is 8.96. The molecule has 2 aliphatic heterocycles. The molecule has 1 unspecified atom stereocenters. The van der Waals surface area contributed by atoms with E-state index in [0.29, 0.717) is 29.8 Å². The van der Waals surface area contributed by atoms with Crippen LogP contribution in [0.5, 0.6) is 0 Å². The maximum Gasteiger partial charge on any atom is 0.335 e. The molecule has 1 N–H and O–H groups in total. The molecule has 0 aromatic carbocycles. The van der Waals surface area contributed by atoms with E-state index in [1.807, 2.05) is 0 Å². The van der Waals surface area contributed by atoms with Crippen molar-refractivity contribution in [1.82, 2.24) is 10.1 Å². The van der Waals surface area contributed by atoms with E-state index in [1.165, 1.54) is 0 Å². The lowest BCUT2D eigenvalue weighted by molar-refractivity contribution is -0.221. The minimum absolute atomic E-state index is 0.0403. The van der Waals surface area contributed by atoms with Crippen LogP contribution in [0.1, 0.15) is 44.9 Å². The van der Waals surface area contributed by atoms with Crippen molar-refractivity contribution in [3.63, 3.8) is 0 Å². The Balaban J connectivity index is 1.42. The number of imide groups is 1. The first-order chi connectivity index (χ1) is 13.9. The van der Waals surface area contributed by atoms with Gasteiger partial charge in [-0.05, 0) is 6.42 Å². The van der Waals surface area contributed by atoms with Gasteiger partial charge in [-0.3, -0.25) is 14.4 Å². The summed E-state index contributed by atoms with van der Waals surface area (Å²) in [5, 5.41) is 10.6. The maximum absolute atomic E-state index is 11.6. The van der Waals surface area contributed by atoms with Crippen molar-refractivity contribution in [3.8, 4) is 0 Å². The van der Waals surface area contributed by atoms with Crippen molar-refractivity contribution in [2.24, 2.45) is 0 Å². The van der Waals surface area contributed by atoms with Crippen LogP contribution >= 0.6 is 0 Å². The standard InChI is InChI=1S/C17H24N2O10/c20-12-2-3-13(21)18(12)28-16(24)6-10-26-8-1-9-27-11-7-17(25)29-19-14(22)4-5-15(19)23/h12,20H,1-11H2. The Morgan fingerprint density at radius 3 is 1.90 bits per heavy atom. The molecule has 0 aromatic heterocycles. The van der Waals surface area contributed by atoms with Gasteiger partial charge in [0, 0.05) is 38.9 Å². The third-order valence-electron chi connectivity index (χ3n) is 4.01. The smallest absolute Gasteiger partial charge is 0.335 e. The number of ether oxygens (including phenoxy) is 2. The zero-order valence-electron chi connectivity index (χ0n) is 15.9. The number of aliphatic hydroxyl groups excluding tert-OH is 1. The third kappa shape index (κ3) is 7.40. The van der Waals surface area contributed by atoms with E-state index in [4.69, 9.17) is 14.3 Å².